The van der Waals surface area contributed by atoms with Crippen molar-refractivity contribution in [3.05, 3.63) is 62.4 Å². The van der Waals surface area contributed by atoms with E-state index in [2.05, 4.69) is 37.5 Å². The summed E-state index contributed by atoms with van der Waals surface area (Å²) in [5.74, 6) is 0.850. The molecule has 0 unspecified atom stereocenters. The molecule has 0 atom stereocenters. The Morgan fingerprint density at radius 1 is 1.30 bits per heavy atom. The molecule has 0 spiro atoms. The van der Waals surface area contributed by atoms with Crippen molar-refractivity contribution in [3.63, 3.8) is 0 Å². The van der Waals surface area contributed by atoms with Crippen molar-refractivity contribution in [1.82, 2.24) is 14.9 Å². The summed E-state index contributed by atoms with van der Waals surface area (Å²) in [7, 11) is 0. The van der Waals surface area contributed by atoms with E-state index in [9.17, 15) is 4.79 Å². The number of benzene rings is 2. The van der Waals surface area contributed by atoms with E-state index in [-0.39, 0.29) is 5.91 Å². The molecule has 0 fully saturated rings. The third kappa shape index (κ3) is 3.50. The van der Waals surface area contributed by atoms with Crippen LogP contribution >= 0.6 is 34.2 Å². The summed E-state index contributed by atoms with van der Waals surface area (Å²) in [5, 5.41) is 3.60. The average molecular weight is 440 g/mol. The molecule has 23 heavy (non-hydrogen) atoms. The van der Waals surface area contributed by atoms with E-state index in [1.165, 1.54) is 0 Å². The van der Waals surface area contributed by atoms with Gasteiger partial charge in [-0.1, -0.05) is 23.7 Å². The smallest absolute Gasteiger partial charge is 0.251 e. The highest BCUT2D eigenvalue weighted by Gasteiger charge is 2.09. The largest absolute Gasteiger partial charge is 0.350 e. The lowest BCUT2D eigenvalue weighted by Gasteiger charge is -2.09. The van der Waals surface area contributed by atoms with Crippen LogP contribution in [0.3, 0.4) is 0 Å². The fourth-order valence-electron chi connectivity index (χ4n) is 2.50. The van der Waals surface area contributed by atoms with E-state index < -0.39 is 0 Å². The van der Waals surface area contributed by atoms with E-state index in [1.807, 2.05) is 31.2 Å². The molecule has 1 amide bonds. The molecule has 6 heteroatoms. The van der Waals surface area contributed by atoms with Gasteiger partial charge in [0.15, 0.2) is 0 Å². The maximum Gasteiger partial charge on any atom is 0.251 e. The monoisotopic (exact) mass is 439 g/mol. The second-order valence-corrected chi connectivity index (χ2v) is 6.75. The lowest BCUT2D eigenvalue weighted by atomic mass is 10.2. The van der Waals surface area contributed by atoms with Crippen LogP contribution in [-0.4, -0.2) is 22.0 Å². The number of amides is 1. The molecule has 0 aliphatic rings. The van der Waals surface area contributed by atoms with Crippen LogP contribution in [0.5, 0.6) is 0 Å². The number of aromatic nitrogens is 2. The van der Waals surface area contributed by atoms with Gasteiger partial charge < -0.3 is 9.88 Å². The van der Waals surface area contributed by atoms with Gasteiger partial charge in [-0.15, -0.1) is 0 Å². The topological polar surface area (TPSA) is 46.9 Å². The van der Waals surface area contributed by atoms with Gasteiger partial charge in [0, 0.05) is 22.2 Å². The maximum absolute atomic E-state index is 12.2. The quantitative estimate of drug-likeness (QED) is 0.624. The number of nitrogens with zero attached hydrogens (tertiary/aromatic N) is 2. The number of carbonyl (C=O) groups excluding carboxylic acids is 1. The standard InChI is InChI=1S/C17H15ClIN3O/c1-11-21-15-4-2-3-5-16(15)22(11)9-8-20-17(23)12-6-7-13(18)14(19)10-12/h2-7,10H,8-9H2,1H3,(H,20,23). The average Bonchev–Trinajstić information content (AvgIpc) is 2.86. The van der Waals surface area contributed by atoms with Crippen LogP contribution in [0.2, 0.25) is 5.02 Å². The highest BCUT2D eigenvalue weighted by Crippen LogP contribution is 2.19. The third-order valence-electron chi connectivity index (χ3n) is 3.65. The van der Waals surface area contributed by atoms with Crippen molar-refractivity contribution in [2.24, 2.45) is 0 Å². The van der Waals surface area contributed by atoms with E-state index in [4.69, 9.17) is 11.6 Å². The van der Waals surface area contributed by atoms with Crippen LogP contribution < -0.4 is 5.32 Å². The Labute approximate surface area is 153 Å². The van der Waals surface area contributed by atoms with Crippen molar-refractivity contribution < 1.29 is 4.79 Å². The number of carbonyl (C=O) groups is 1. The summed E-state index contributed by atoms with van der Waals surface area (Å²) >= 11 is 8.10. The number of nitrogens with one attached hydrogen (secondary N) is 1. The normalized spacial score (nSPS) is 10.9. The predicted molar refractivity (Wildman–Crippen MR) is 101 cm³/mol. The summed E-state index contributed by atoms with van der Waals surface area (Å²) in [6.45, 7) is 3.20. The summed E-state index contributed by atoms with van der Waals surface area (Å²) in [4.78, 5) is 16.7. The van der Waals surface area contributed by atoms with Gasteiger partial charge >= 0.3 is 0 Å². The number of rotatable bonds is 4. The molecule has 2 aromatic carbocycles. The number of imidazole rings is 1. The second kappa shape index (κ2) is 6.88. The molecule has 4 nitrogen and oxygen atoms in total. The van der Waals surface area contributed by atoms with Crippen molar-refractivity contribution in [3.8, 4) is 0 Å². The Hall–Kier alpha value is -1.60. The van der Waals surface area contributed by atoms with Gasteiger partial charge in [0.2, 0.25) is 0 Å². The molecule has 118 valence electrons. The first-order valence-corrected chi connectivity index (χ1v) is 8.67. The van der Waals surface area contributed by atoms with E-state index >= 15 is 0 Å². The fourth-order valence-corrected chi connectivity index (χ4v) is 3.13. The zero-order chi connectivity index (χ0) is 16.4. The molecular weight excluding hydrogens is 425 g/mol. The van der Waals surface area contributed by atoms with Gasteiger partial charge in [-0.2, -0.15) is 0 Å². The molecule has 0 aliphatic heterocycles. The number of hydrogen-bond donors (Lipinski definition) is 1. The van der Waals surface area contributed by atoms with Crippen LogP contribution in [0.4, 0.5) is 0 Å². The summed E-state index contributed by atoms with van der Waals surface area (Å²) in [6.07, 6.45) is 0. The summed E-state index contributed by atoms with van der Waals surface area (Å²) in [5.41, 5.74) is 2.68. The first-order chi connectivity index (χ1) is 11.1. The minimum absolute atomic E-state index is 0.0957. The van der Waals surface area contributed by atoms with Gasteiger partial charge in [-0.3, -0.25) is 4.79 Å². The molecule has 0 aliphatic carbocycles. The van der Waals surface area contributed by atoms with Crippen LogP contribution in [0.25, 0.3) is 11.0 Å². The Morgan fingerprint density at radius 2 is 2.09 bits per heavy atom. The van der Waals surface area contributed by atoms with Crippen molar-refractivity contribution in [2.45, 2.75) is 13.5 Å². The zero-order valence-corrected chi connectivity index (χ0v) is 15.4. The number of halogens is 2. The van der Waals surface area contributed by atoms with Crippen molar-refractivity contribution in [1.29, 1.82) is 0 Å². The molecule has 1 N–H and O–H groups in total. The molecule has 0 radical (unpaired) electrons. The molecule has 0 bridgehead atoms. The molecule has 0 saturated carbocycles. The lowest BCUT2D eigenvalue weighted by Crippen LogP contribution is -2.27. The third-order valence-corrected chi connectivity index (χ3v) is 5.19. The predicted octanol–water partition coefficient (Wildman–Crippen LogP) is 4.03. The van der Waals surface area contributed by atoms with E-state index in [0.29, 0.717) is 23.7 Å². The highest BCUT2D eigenvalue weighted by molar-refractivity contribution is 14.1. The SMILES string of the molecule is Cc1nc2ccccc2n1CCNC(=O)c1ccc(Cl)c(I)c1. The highest BCUT2D eigenvalue weighted by atomic mass is 127. The lowest BCUT2D eigenvalue weighted by molar-refractivity contribution is 0.0952. The summed E-state index contributed by atoms with van der Waals surface area (Å²) in [6, 6.07) is 13.3. The molecular formula is C17H15ClIN3O. The maximum atomic E-state index is 12.2. The number of hydrogen-bond acceptors (Lipinski definition) is 2. The minimum Gasteiger partial charge on any atom is -0.350 e. The van der Waals surface area contributed by atoms with Gasteiger partial charge in [0.25, 0.3) is 5.91 Å². The molecule has 3 aromatic rings. The van der Waals surface area contributed by atoms with E-state index in [1.54, 1.807) is 18.2 Å². The Balaban J connectivity index is 1.67. The second-order valence-electron chi connectivity index (χ2n) is 5.18. The summed E-state index contributed by atoms with van der Waals surface area (Å²) < 4.78 is 2.98. The Morgan fingerprint density at radius 3 is 2.87 bits per heavy atom. The van der Waals surface area contributed by atoms with Crippen LogP contribution in [0.1, 0.15) is 16.2 Å². The van der Waals surface area contributed by atoms with Crippen molar-refractivity contribution >= 4 is 51.1 Å². The van der Waals surface area contributed by atoms with Crippen LogP contribution in [0, 0.1) is 10.5 Å². The number of aryl methyl sites for hydroxylation is 1. The van der Waals surface area contributed by atoms with E-state index in [0.717, 1.165) is 20.4 Å². The fraction of sp³-hybridized carbons (Fsp3) is 0.176. The molecule has 0 saturated heterocycles. The van der Waals surface area contributed by atoms with Gasteiger partial charge in [0.1, 0.15) is 5.82 Å². The van der Waals surface area contributed by atoms with Crippen LogP contribution in [0.15, 0.2) is 42.5 Å². The first kappa shape index (κ1) is 16.3. The van der Waals surface area contributed by atoms with Crippen molar-refractivity contribution in [2.75, 3.05) is 6.54 Å². The van der Waals surface area contributed by atoms with Crippen LogP contribution in [-0.2, 0) is 6.54 Å². The first-order valence-electron chi connectivity index (χ1n) is 7.21. The molecule has 1 heterocycles. The van der Waals surface area contributed by atoms with Gasteiger partial charge in [0.05, 0.1) is 16.1 Å². The number of fused-ring (bicyclic) bond motifs is 1. The zero-order valence-electron chi connectivity index (χ0n) is 12.5. The Kier molecular flexibility index (Phi) is 4.87. The van der Waals surface area contributed by atoms with Gasteiger partial charge in [-0.25, -0.2) is 4.98 Å². The van der Waals surface area contributed by atoms with Gasteiger partial charge in [-0.05, 0) is 59.8 Å². The number of para-hydroxylation sites is 2. The Bertz CT molecular complexity index is 875. The molecule has 1 aromatic heterocycles. The molecule has 3 rings (SSSR count). The minimum atomic E-state index is -0.0957.